The summed E-state index contributed by atoms with van der Waals surface area (Å²) in [4.78, 5) is 0. The smallest absolute Gasteiger partial charge is 0.344 e. The molecule has 3 aliphatic carbocycles. The Labute approximate surface area is 312 Å². The molecule has 1 radical (unpaired) electrons. The molecular weight excluding hydrogens is 655 g/mol. The van der Waals surface area contributed by atoms with E-state index in [0.29, 0.717) is 7.92 Å². The average Bonchev–Trinajstić information content (AvgIpc) is 3.16. The second-order valence-corrected chi connectivity index (χ2v) is 17.5. The van der Waals surface area contributed by atoms with Crippen LogP contribution < -0.4 is 28.0 Å². The monoisotopic (exact) mass is 717 g/mol. The normalized spacial score (nSPS) is 17.3. The Bertz CT molecular complexity index is 1160. The third kappa shape index (κ3) is 10.9. The molecule has 4 aromatic rings. The maximum Gasteiger partial charge on any atom is 2.00 e. The first-order valence-electron chi connectivity index (χ1n) is 19.2. The maximum atomic E-state index is 2.26. The third-order valence-electron chi connectivity index (χ3n) is 11.2. The van der Waals surface area contributed by atoms with Gasteiger partial charge < -0.3 is 6.15 Å². The SMILES string of the molecule is C1CCC(P(C2CCCCC2)C2CCCCC2)CC1.C[CH]C.N.[Ni+2].c1ccc([B-](c2ccccc2)(c2ccccc2)c2ccccc2)cc1. The van der Waals surface area contributed by atoms with Crippen molar-refractivity contribution in [1.82, 2.24) is 6.15 Å². The van der Waals surface area contributed by atoms with Crippen molar-refractivity contribution in [2.45, 2.75) is 127 Å². The zero-order valence-corrected chi connectivity index (χ0v) is 32.4. The van der Waals surface area contributed by atoms with Gasteiger partial charge in [-0.2, -0.15) is 21.9 Å². The first-order chi connectivity index (χ1) is 23.3. The Morgan fingerprint density at radius 3 is 0.816 bits per heavy atom. The predicted octanol–water partition coefficient (Wildman–Crippen LogP) is 10.9. The summed E-state index contributed by atoms with van der Waals surface area (Å²) in [6, 6.07) is 43.5. The van der Waals surface area contributed by atoms with Crippen LogP contribution in [0.4, 0.5) is 0 Å². The molecule has 1 nitrogen and oxygen atoms in total. The molecule has 3 N–H and O–H groups in total. The molecule has 7 rings (SSSR count). The number of hydrogen-bond acceptors (Lipinski definition) is 1. The molecule has 0 atom stereocenters. The van der Waals surface area contributed by atoms with Gasteiger partial charge in [-0.15, -0.1) is 0 Å². The summed E-state index contributed by atoms with van der Waals surface area (Å²) >= 11 is 0. The fraction of sp³-hybridized carbons (Fsp3) is 0.444. The second-order valence-electron chi connectivity index (χ2n) is 14.4. The molecule has 0 aliphatic heterocycles. The van der Waals surface area contributed by atoms with E-state index < -0.39 is 6.15 Å². The van der Waals surface area contributed by atoms with Crippen molar-refractivity contribution in [1.29, 1.82) is 0 Å². The second kappa shape index (κ2) is 22.6. The Morgan fingerprint density at radius 2 is 0.612 bits per heavy atom. The number of benzene rings is 4. The molecule has 0 bridgehead atoms. The van der Waals surface area contributed by atoms with Gasteiger partial charge in [-0.3, -0.25) is 0 Å². The molecule has 265 valence electrons. The molecule has 3 aliphatic rings. The Hall–Kier alpha value is -2.17. The molecule has 3 saturated carbocycles. The van der Waals surface area contributed by atoms with Crippen molar-refractivity contribution in [3.63, 3.8) is 0 Å². The molecule has 49 heavy (non-hydrogen) atoms. The van der Waals surface area contributed by atoms with Crippen LogP contribution in [0.2, 0.25) is 0 Å². The zero-order valence-electron chi connectivity index (χ0n) is 30.5. The largest absolute Gasteiger partial charge is 2.00 e. The van der Waals surface area contributed by atoms with Gasteiger partial charge in [0, 0.05) is 0 Å². The molecule has 0 unspecified atom stereocenters. The van der Waals surface area contributed by atoms with Gasteiger partial charge in [-0.1, -0.05) is 201 Å². The van der Waals surface area contributed by atoms with Gasteiger partial charge in [0.2, 0.25) is 0 Å². The Morgan fingerprint density at radius 1 is 0.408 bits per heavy atom. The number of hydrogen-bond donors (Lipinski definition) is 1. The molecule has 4 aromatic carbocycles. The van der Waals surface area contributed by atoms with Crippen LogP contribution in [0.3, 0.4) is 0 Å². The summed E-state index contributed by atoms with van der Waals surface area (Å²) in [5.74, 6) is 0. The molecule has 4 heteroatoms. The summed E-state index contributed by atoms with van der Waals surface area (Å²) in [5, 5.41) is 0. The van der Waals surface area contributed by atoms with Crippen LogP contribution in [0, 0.1) is 6.42 Å². The first-order valence-corrected chi connectivity index (χ1v) is 20.7. The minimum Gasteiger partial charge on any atom is -0.344 e. The van der Waals surface area contributed by atoms with Crippen LogP contribution in [-0.2, 0) is 16.5 Å². The van der Waals surface area contributed by atoms with Crippen LogP contribution in [0.25, 0.3) is 0 Å². The van der Waals surface area contributed by atoms with Crippen molar-refractivity contribution in [3.8, 4) is 0 Å². The van der Waals surface area contributed by atoms with Crippen molar-refractivity contribution >= 4 is 35.9 Å². The van der Waals surface area contributed by atoms with Gasteiger partial charge in [0.05, 0.1) is 0 Å². The van der Waals surface area contributed by atoms with Crippen LogP contribution >= 0.6 is 7.92 Å². The molecule has 0 saturated heterocycles. The summed E-state index contributed by atoms with van der Waals surface area (Å²) < 4.78 is 0. The van der Waals surface area contributed by atoms with E-state index in [1.54, 1.807) is 77.0 Å². The fourth-order valence-electron chi connectivity index (χ4n) is 9.15. The van der Waals surface area contributed by atoms with Crippen molar-refractivity contribution in [3.05, 3.63) is 128 Å². The standard InChI is InChI=1S/C24H20B.C18H33P.C3H7.H3N.Ni/c1-5-13-21(14-6-1)25(22-15-7-2-8-16-22,23-17-9-3-10-18-23)24-19-11-4-12-20-24;1-4-10-16(11-5-1)19(17-12-6-2-7-13-17)18-14-8-3-9-15-18;1-3-2;;/h1-20H;16-18H,1-15H2;3H,1-2H3;1H3;/q-1;;;;+2. The van der Waals surface area contributed by atoms with Gasteiger partial charge in [0.1, 0.15) is 6.15 Å². The van der Waals surface area contributed by atoms with Crippen LogP contribution in [0.1, 0.15) is 110 Å². The summed E-state index contributed by atoms with van der Waals surface area (Å²) in [7, 11) is 0.385. The van der Waals surface area contributed by atoms with Crippen LogP contribution in [0.15, 0.2) is 121 Å². The van der Waals surface area contributed by atoms with Gasteiger partial charge in [-0.05, 0) is 61.9 Å². The van der Waals surface area contributed by atoms with Gasteiger partial charge >= 0.3 is 16.5 Å². The van der Waals surface area contributed by atoms with E-state index in [0.717, 1.165) is 0 Å². The first kappa shape index (κ1) is 41.3. The van der Waals surface area contributed by atoms with E-state index in [2.05, 4.69) is 121 Å². The Kier molecular flexibility index (Phi) is 19.0. The van der Waals surface area contributed by atoms with Crippen molar-refractivity contribution < 1.29 is 16.5 Å². The zero-order chi connectivity index (χ0) is 32.6. The van der Waals surface area contributed by atoms with Gasteiger partial charge in [-0.25, -0.2) is 0 Å². The van der Waals surface area contributed by atoms with E-state index in [-0.39, 0.29) is 22.6 Å². The summed E-state index contributed by atoms with van der Waals surface area (Å²) in [6.07, 6.45) is 24.4. The molecule has 0 spiro atoms. The number of rotatable bonds is 7. The van der Waals surface area contributed by atoms with Crippen LogP contribution in [0.5, 0.6) is 0 Å². The van der Waals surface area contributed by atoms with E-state index in [1.165, 1.54) is 58.1 Å². The van der Waals surface area contributed by atoms with E-state index in [1.807, 2.05) is 20.3 Å². The van der Waals surface area contributed by atoms with E-state index in [9.17, 15) is 0 Å². The predicted molar refractivity (Wildman–Crippen MR) is 218 cm³/mol. The third-order valence-corrected chi connectivity index (χ3v) is 15.3. The summed E-state index contributed by atoms with van der Waals surface area (Å²) in [5.41, 5.74) is 8.93. The van der Waals surface area contributed by atoms with E-state index in [4.69, 9.17) is 0 Å². The quantitative estimate of drug-likeness (QED) is 0.150. The van der Waals surface area contributed by atoms with Crippen molar-refractivity contribution in [2.75, 3.05) is 0 Å². The summed E-state index contributed by atoms with van der Waals surface area (Å²) in [6.45, 7) is 4.00. The molecule has 0 aromatic heterocycles. The minimum atomic E-state index is -1.22. The minimum absolute atomic E-state index is 0. The average molecular weight is 718 g/mol. The van der Waals surface area contributed by atoms with Gasteiger partial charge in [0.25, 0.3) is 0 Å². The molecule has 0 amide bonds. The van der Waals surface area contributed by atoms with Gasteiger partial charge in [0.15, 0.2) is 0 Å². The molecular formula is C45H63BNNiP+. The fourth-order valence-corrected chi connectivity index (χ4v) is 13.8. The Balaban J connectivity index is 0.000000244. The molecule has 0 heterocycles. The maximum absolute atomic E-state index is 2.26. The molecule has 3 fully saturated rings. The van der Waals surface area contributed by atoms with Crippen molar-refractivity contribution in [2.24, 2.45) is 0 Å². The van der Waals surface area contributed by atoms with Crippen LogP contribution in [-0.4, -0.2) is 23.1 Å². The topological polar surface area (TPSA) is 35.0 Å². The van der Waals surface area contributed by atoms with E-state index >= 15 is 0 Å².